The maximum atomic E-state index is 13.2. The minimum absolute atomic E-state index is 0.175. The van der Waals surface area contributed by atoms with Crippen LogP contribution in [-0.4, -0.2) is 73.1 Å². The molecule has 1 atom stereocenters. The van der Waals surface area contributed by atoms with Crippen molar-refractivity contribution < 1.29 is 27.5 Å². The van der Waals surface area contributed by atoms with Crippen molar-refractivity contribution in [3.05, 3.63) is 102 Å². The number of hydrogen-bond donors (Lipinski definition) is 3. The molecular weight excluding hydrogens is 573 g/mol. The van der Waals surface area contributed by atoms with Crippen LogP contribution in [0.25, 0.3) is 10.9 Å². The molecule has 5 rings (SSSR count). The Morgan fingerprint density at radius 2 is 1.74 bits per heavy atom. The zero-order valence-corrected chi connectivity index (χ0v) is 24.6. The Balaban J connectivity index is 1.23. The lowest BCUT2D eigenvalue weighted by molar-refractivity contribution is -0.135. The molecule has 0 unspecified atom stereocenters. The first-order chi connectivity index (χ1) is 20.8. The molecule has 0 bridgehead atoms. The molecule has 1 amide bonds. The third-order valence-electron chi connectivity index (χ3n) is 7.58. The molecule has 4 aromatic rings. The first kappa shape index (κ1) is 30.4. The molecule has 3 aromatic carbocycles. The standard InChI is InChI=1S/C31H34FN5O5S/c1-22-18-24(28-4-2-3-5-29(28)33-22)21-42-27-12-10-26(11-13-27)37(43(40)41)20-30(31(38)34-39)36-16-14-35(15-17-36)19-23-6-8-25(32)9-7-23/h2-13,18,30,39,43H,14-17,19-21H2,1H3,(H,34,38)/t30-/m0/s1. The molecule has 1 saturated heterocycles. The number of fused-ring (bicyclic) bond motifs is 1. The molecule has 2 heterocycles. The summed E-state index contributed by atoms with van der Waals surface area (Å²) in [6.45, 7) is 4.91. The fraction of sp³-hybridized carbons (Fsp3) is 0.290. The summed E-state index contributed by atoms with van der Waals surface area (Å²) < 4.78 is 45.1. The van der Waals surface area contributed by atoms with Gasteiger partial charge in [0.05, 0.1) is 17.7 Å². The van der Waals surface area contributed by atoms with Gasteiger partial charge in [-0.2, -0.15) is 0 Å². The molecule has 1 fully saturated rings. The Kier molecular flexibility index (Phi) is 9.82. The third-order valence-corrected chi connectivity index (χ3v) is 8.37. The molecular formula is C31H34FN5O5S. The molecule has 0 spiro atoms. The van der Waals surface area contributed by atoms with Gasteiger partial charge < -0.3 is 4.74 Å². The maximum absolute atomic E-state index is 13.2. The van der Waals surface area contributed by atoms with Gasteiger partial charge in [-0.25, -0.2) is 18.3 Å². The third kappa shape index (κ3) is 7.65. The zero-order valence-electron chi connectivity index (χ0n) is 23.7. The number of benzene rings is 3. The number of carbonyl (C=O) groups excluding carboxylic acids is 1. The van der Waals surface area contributed by atoms with Crippen LogP contribution in [0.15, 0.2) is 78.9 Å². The summed E-state index contributed by atoms with van der Waals surface area (Å²) in [6, 6.07) is 21.9. The molecule has 43 heavy (non-hydrogen) atoms. The van der Waals surface area contributed by atoms with Gasteiger partial charge in [-0.3, -0.25) is 29.1 Å². The molecule has 226 valence electrons. The number of nitrogens with one attached hydrogen (secondary N) is 1. The van der Waals surface area contributed by atoms with Gasteiger partial charge >= 0.3 is 0 Å². The highest BCUT2D eigenvalue weighted by molar-refractivity contribution is 7.74. The van der Waals surface area contributed by atoms with Gasteiger partial charge in [0.1, 0.15) is 24.2 Å². The second-order valence-corrected chi connectivity index (χ2v) is 11.4. The summed E-state index contributed by atoms with van der Waals surface area (Å²) in [5.41, 5.74) is 5.82. The summed E-state index contributed by atoms with van der Waals surface area (Å²) in [4.78, 5) is 21.3. The van der Waals surface area contributed by atoms with Crippen molar-refractivity contribution in [2.75, 3.05) is 37.0 Å². The molecule has 1 aliphatic heterocycles. The van der Waals surface area contributed by atoms with E-state index >= 15 is 0 Å². The summed E-state index contributed by atoms with van der Waals surface area (Å²) in [5.74, 6) is -0.414. The average Bonchev–Trinajstić information content (AvgIpc) is 3.02. The predicted octanol–water partition coefficient (Wildman–Crippen LogP) is 3.29. The van der Waals surface area contributed by atoms with Crippen molar-refractivity contribution in [1.29, 1.82) is 0 Å². The SMILES string of the molecule is Cc1cc(COc2ccc(N(C[C@@H](C(=O)NO)N3CCN(Cc4ccc(F)cc4)CC3)[SH](=O)=O)cc2)c2ccccc2n1. The van der Waals surface area contributed by atoms with Crippen LogP contribution >= 0.6 is 0 Å². The van der Waals surface area contributed by atoms with Gasteiger partial charge in [0.25, 0.3) is 5.91 Å². The molecule has 0 saturated carbocycles. The topological polar surface area (TPSA) is 115 Å². The van der Waals surface area contributed by atoms with Crippen LogP contribution in [0.1, 0.15) is 16.8 Å². The van der Waals surface area contributed by atoms with Crippen molar-refractivity contribution in [3.8, 4) is 5.75 Å². The minimum Gasteiger partial charge on any atom is -0.489 e. The van der Waals surface area contributed by atoms with E-state index in [1.54, 1.807) is 41.9 Å². The van der Waals surface area contributed by atoms with Gasteiger partial charge in [-0.05, 0) is 61.0 Å². The van der Waals surface area contributed by atoms with Crippen molar-refractivity contribution in [2.45, 2.75) is 26.1 Å². The number of ether oxygens (including phenoxy) is 1. The van der Waals surface area contributed by atoms with Crippen molar-refractivity contribution in [2.24, 2.45) is 0 Å². The van der Waals surface area contributed by atoms with E-state index in [0.29, 0.717) is 50.8 Å². The van der Waals surface area contributed by atoms with Gasteiger partial charge in [0, 0.05) is 49.4 Å². The first-order valence-electron chi connectivity index (χ1n) is 14.0. The number of aromatic nitrogens is 1. The number of thiol groups is 1. The summed E-state index contributed by atoms with van der Waals surface area (Å²) >= 11 is 0. The monoisotopic (exact) mass is 607 g/mol. The lowest BCUT2D eigenvalue weighted by atomic mass is 10.1. The maximum Gasteiger partial charge on any atom is 0.262 e. The first-order valence-corrected chi connectivity index (χ1v) is 15.1. The Morgan fingerprint density at radius 1 is 1.05 bits per heavy atom. The van der Waals surface area contributed by atoms with Gasteiger partial charge in [0.15, 0.2) is 0 Å². The lowest BCUT2D eigenvalue weighted by Gasteiger charge is -2.39. The fourth-order valence-corrected chi connectivity index (χ4v) is 5.95. The van der Waals surface area contributed by atoms with Crippen LogP contribution in [0.3, 0.4) is 0 Å². The second kappa shape index (κ2) is 13.9. The van der Waals surface area contributed by atoms with Gasteiger partial charge in [-0.15, -0.1) is 0 Å². The molecule has 1 aliphatic rings. The normalized spacial score (nSPS) is 15.0. The molecule has 0 aliphatic carbocycles. The molecule has 0 radical (unpaired) electrons. The second-order valence-electron chi connectivity index (χ2n) is 10.5. The Hall–Kier alpha value is -4.10. The molecule has 1 aromatic heterocycles. The minimum atomic E-state index is -3.09. The van der Waals surface area contributed by atoms with E-state index in [-0.39, 0.29) is 12.4 Å². The number of hydroxylamine groups is 1. The van der Waals surface area contributed by atoms with E-state index in [0.717, 1.165) is 32.0 Å². The predicted molar refractivity (Wildman–Crippen MR) is 162 cm³/mol. The number of para-hydroxylation sites is 1. The smallest absolute Gasteiger partial charge is 0.262 e. The number of nitrogens with zero attached hydrogens (tertiary/aromatic N) is 4. The van der Waals surface area contributed by atoms with Crippen LogP contribution in [-0.2, 0) is 28.8 Å². The lowest BCUT2D eigenvalue weighted by Crippen LogP contribution is -2.57. The van der Waals surface area contributed by atoms with E-state index in [4.69, 9.17) is 4.74 Å². The summed E-state index contributed by atoms with van der Waals surface area (Å²) in [7, 11) is -3.09. The average molecular weight is 608 g/mol. The number of carbonyl (C=O) groups is 1. The van der Waals surface area contributed by atoms with Crippen molar-refractivity contribution >= 4 is 33.4 Å². The van der Waals surface area contributed by atoms with E-state index in [1.165, 1.54) is 12.1 Å². The van der Waals surface area contributed by atoms with Crippen LogP contribution < -0.4 is 14.5 Å². The number of halogens is 1. The highest BCUT2D eigenvalue weighted by Crippen LogP contribution is 2.24. The molecule has 12 heteroatoms. The van der Waals surface area contributed by atoms with Gasteiger partial charge in [-0.1, -0.05) is 30.3 Å². The number of anilines is 1. The van der Waals surface area contributed by atoms with Crippen LogP contribution in [0, 0.1) is 12.7 Å². The molecule has 2 N–H and O–H groups in total. The highest BCUT2D eigenvalue weighted by Gasteiger charge is 2.31. The Labute approximate surface area is 251 Å². The van der Waals surface area contributed by atoms with Crippen molar-refractivity contribution in [1.82, 2.24) is 20.3 Å². The number of rotatable bonds is 11. The van der Waals surface area contributed by atoms with E-state index in [2.05, 4.69) is 9.88 Å². The highest BCUT2D eigenvalue weighted by atomic mass is 32.2. The number of hydrogen-bond acceptors (Lipinski definition) is 8. The van der Waals surface area contributed by atoms with E-state index < -0.39 is 22.8 Å². The Bertz CT molecular complexity index is 1620. The van der Waals surface area contributed by atoms with Crippen molar-refractivity contribution in [3.63, 3.8) is 0 Å². The largest absolute Gasteiger partial charge is 0.489 e. The number of aryl methyl sites for hydroxylation is 1. The Morgan fingerprint density at radius 3 is 2.42 bits per heavy atom. The number of pyridine rings is 1. The molecule has 10 nitrogen and oxygen atoms in total. The van der Waals surface area contributed by atoms with Crippen LogP contribution in [0.5, 0.6) is 5.75 Å². The van der Waals surface area contributed by atoms with E-state index in [9.17, 15) is 22.8 Å². The summed E-state index contributed by atoms with van der Waals surface area (Å²) in [5, 5.41) is 10.4. The van der Waals surface area contributed by atoms with E-state index in [1.807, 2.05) is 42.2 Å². The fourth-order valence-electron chi connectivity index (χ4n) is 5.34. The van der Waals surface area contributed by atoms with Crippen LogP contribution in [0.4, 0.5) is 10.1 Å². The summed E-state index contributed by atoms with van der Waals surface area (Å²) in [6.07, 6.45) is 0. The quantitative estimate of drug-likeness (QED) is 0.135. The van der Waals surface area contributed by atoms with Crippen LogP contribution in [0.2, 0.25) is 0 Å². The van der Waals surface area contributed by atoms with Gasteiger partial charge in [0.2, 0.25) is 10.9 Å². The number of piperazine rings is 1. The number of amides is 1. The zero-order chi connectivity index (χ0) is 30.3.